The number of aliphatic hydroxyl groups excluding tert-OH is 1. The summed E-state index contributed by atoms with van der Waals surface area (Å²) in [5.41, 5.74) is 5.94. The van der Waals surface area contributed by atoms with E-state index in [4.69, 9.17) is 10.2 Å². The van der Waals surface area contributed by atoms with Gasteiger partial charge in [-0.05, 0) is 37.5 Å². The third-order valence-electron chi connectivity index (χ3n) is 6.51. The van der Waals surface area contributed by atoms with Gasteiger partial charge in [0, 0.05) is 0 Å². The maximum Gasteiger partial charge on any atom is 0.252 e. The summed E-state index contributed by atoms with van der Waals surface area (Å²) in [6.07, 6.45) is 4.59. The number of rotatable bonds is 6. The molecule has 0 spiro atoms. The third-order valence-corrected chi connectivity index (χ3v) is 6.51. The number of nitrogens with zero attached hydrogens (tertiary/aromatic N) is 6. The minimum Gasteiger partial charge on any atom is -0.461 e. The summed E-state index contributed by atoms with van der Waals surface area (Å²) in [7, 11) is 0. The zero-order chi connectivity index (χ0) is 23.5. The number of aromatic nitrogens is 6. The van der Waals surface area contributed by atoms with Crippen LogP contribution in [0.25, 0.3) is 28.3 Å². The van der Waals surface area contributed by atoms with Gasteiger partial charge >= 0.3 is 0 Å². The smallest absolute Gasteiger partial charge is 0.252 e. The first-order valence-electron chi connectivity index (χ1n) is 10.9. The van der Waals surface area contributed by atoms with Crippen molar-refractivity contribution < 1.29 is 14.3 Å². The molecule has 1 saturated carbocycles. The van der Waals surface area contributed by atoms with Crippen LogP contribution in [0.4, 0.5) is 5.95 Å². The maximum absolute atomic E-state index is 13.7. The fourth-order valence-electron chi connectivity index (χ4n) is 4.20. The van der Waals surface area contributed by atoms with Crippen molar-refractivity contribution in [2.45, 2.75) is 30.8 Å². The number of fused-ring (bicyclic) bond motifs is 3. The van der Waals surface area contributed by atoms with E-state index in [0.29, 0.717) is 33.8 Å². The molecule has 1 aliphatic carbocycles. The molecule has 0 saturated heterocycles. The van der Waals surface area contributed by atoms with Gasteiger partial charge in [0.1, 0.15) is 0 Å². The molecule has 4 N–H and O–H groups in total. The normalized spacial score (nSPS) is 16.5. The lowest BCUT2D eigenvalue weighted by Crippen LogP contribution is -2.53. The van der Waals surface area contributed by atoms with E-state index in [2.05, 4.69) is 25.5 Å². The minimum absolute atomic E-state index is 0.0967. The largest absolute Gasteiger partial charge is 0.461 e. The van der Waals surface area contributed by atoms with Crippen LogP contribution in [0.5, 0.6) is 0 Å². The van der Waals surface area contributed by atoms with Gasteiger partial charge < -0.3 is 20.6 Å². The molecule has 11 nitrogen and oxygen atoms in total. The third kappa shape index (κ3) is 2.90. The van der Waals surface area contributed by atoms with E-state index in [1.54, 1.807) is 36.2 Å². The molecule has 1 atom stereocenters. The molecular weight excluding hydrogens is 436 g/mol. The van der Waals surface area contributed by atoms with Gasteiger partial charge in [0.25, 0.3) is 5.91 Å². The quantitative estimate of drug-likeness (QED) is 0.348. The highest BCUT2D eigenvalue weighted by molar-refractivity contribution is 5.94. The molecular formula is C23H22N8O3. The van der Waals surface area contributed by atoms with Crippen LogP contribution in [0, 0.1) is 0 Å². The highest BCUT2D eigenvalue weighted by Gasteiger charge is 2.49. The molecule has 1 unspecified atom stereocenters. The van der Waals surface area contributed by atoms with Crippen molar-refractivity contribution in [1.82, 2.24) is 34.7 Å². The molecule has 6 rings (SSSR count). The van der Waals surface area contributed by atoms with Gasteiger partial charge in [-0.3, -0.25) is 4.79 Å². The highest BCUT2D eigenvalue weighted by atomic mass is 16.3. The molecule has 0 bridgehead atoms. The first-order valence-corrected chi connectivity index (χ1v) is 10.9. The minimum atomic E-state index is -1.27. The van der Waals surface area contributed by atoms with Crippen LogP contribution >= 0.6 is 0 Å². The first-order chi connectivity index (χ1) is 16.4. The van der Waals surface area contributed by atoms with Crippen molar-refractivity contribution in [3.8, 4) is 11.6 Å². The average molecular weight is 458 g/mol. The molecule has 0 radical (unpaired) electrons. The van der Waals surface area contributed by atoms with Gasteiger partial charge in [-0.25, -0.2) is 9.67 Å². The molecule has 0 aliphatic heterocycles. The molecule has 11 heteroatoms. The van der Waals surface area contributed by atoms with Crippen LogP contribution in [0.3, 0.4) is 0 Å². The first kappa shape index (κ1) is 20.4. The monoisotopic (exact) mass is 458 g/mol. The van der Waals surface area contributed by atoms with Gasteiger partial charge in [-0.15, -0.1) is 5.10 Å². The molecule has 1 aliphatic rings. The maximum atomic E-state index is 13.7. The summed E-state index contributed by atoms with van der Waals surface area (Å²) < 4.78 is 8.40. The van der Waals surface area contributed by atoms with Crippen molar-refractivity contribution in [3.63, 3.8) is 0 Å². The van der Waals surface area contributed by atoms with E-state index in [1.165, 1.54) is 4.52 Å². The number of hydrogen-bond donors (Lipinski definition) is 3. The van der Waals surface area contributed by atoms with Crippen molar-refractivity contribution in [1.29, 1.82) is 0 Å². The van der Waals surface area contributed by atoms with E-state index in [1.807, 2.05) is 30.3 Å². The lowest BCUT2D eigenvalue weighted by molar-refractivity contribution is -0.129. The zero-order valence-electron chi connectivity index (χ0n) is 18.3. The van der Waals surface area contributed by atoms with Crippen LogP contribution in [-0.4, -0.2) is 52.5 Å². The molecule has 34 heavy (non-hydrogen) atoms. The van der Waals surface area contributed by atoms with E-state index in [9.17, 15) is 9.90 Å². The van der Waals surface area contributed by atoms with Crippen molar-refractivity contribution in [2.75, 3.05) is 12.3 Å². The number of carbonyl (C=O) groups is 1. The topological polar surface area (TPSA) is 149 Å². The Morgan fingerprint density at radius 3 is 2.68 bits per heavy atom. The SMILES string of the molecule is CC(C(=O)NC1(CO)CC1)(c1ccccc1)n1ncc2c1nc(N)n1nc(-c3ccco3)nc21. The summed E-state index contributed by atoms with van der Waals surface area (Å²) in [5, 5.41) is 22.4. The Morgan fingerprint density at radius 1 is 1.21 bits per heavy atom. The summed E-state index contributed by atoms with van der Waals surface area (Å²) in [4.78, 5) is 22.9. The molecule has 1 amide bonds. The summed E-state index contributed by atoms with van der Waals surface area (Å²) in [5.74, 6) is 0.657. The van der Waals surface area contributed by atoms with E-state index < -0.39 is 11.1 Å². The Morgan fingerprint density at radius 2 is 2.00 bits per heavy atom. The van der Waals surface area contributed by atoms with Gasteiger partial charge in [0.05, 0.1) is 30.0 Å². The lowest BCUT2D eigenvalue weighted by Gasteiger charge is -2.31. The number of nitrogens with one attached hydrogen (secondary N) is 1. The lowest BCUT2D eigenvalue weighted by atomic mass is 9.90. The fourth-order valence-corrected chi connectivity index (χ4v) is 4.20. The Kier molecular flexibility index (Phi) is 4.27. The molecule has 4 heterocycles. The summed E-state index contributed by atoms with van der Waals surface area (Å²) >= 11 is 0. The fraction of sp³-hybridized carbons (Fsp3) is 0.261. The summed E-state index contributed by atoms with van der Waals surface area (Å²) in [6.45, 7) is 1.66. The van der Waals surface area contributed by atoms with Crippen LogP contribution in [-0.2, 0) is 10.3 Å². The molecule has 172 valence electrons. The molecule has 5 aromatic rings. The Bertz CT molecular complexity index is 1520. The van der Waals surface area contributed by atoms with Crippen LogP contribution in [0.2, 0.25) is 0 Å². The number of carbonyl (C=O) groups excluding carboxylic acids is 1. The highest BCUT2D eigenvalue weighted by Crippen LogP contribution is 2.37. The molecule has 1 fully saturated rings. The number of nitrogens with two attached hydrogens (primary N) is 1. The Balaban J connectivity index is 1.55. The predicted octanol–water partition coefficient (Wildman–Crippen LogP) is 1.72. The van der Waals surface area contributed by atoms with Crippen molar-refractivity contribution >= 4 is 28.5 Å². The number of amides is 1. The van der Waals surface area contributed by atoms with E-state index in [-0.39, 0.29) is 18.5 Å². The Hall–Kier alpha value is -4.25. The van der Waals surface area contributed by atoms with Gasteiger partial charge in [0.2, 0.25) is 11.8 Å². The zero-order valence-corrected chi connectivity index (χ0v) is 18.3. The summed E-state index contributed by atoms with van der Waals surface area (Å²) in [6, 6.07) is 12.8. The number of hydrogen-bond acceptors (Lipinski definition) is 8. The molecule has 4 aromatic heterocycles. The van der Waals surface area contributed by atoms with Crippen LogP contribution in [0.1, 0.15) is 25.3 Å². The Labute approximate surface area is 193 Å². The second-order valence-electron chi connectivity index (χ2n) is 8.74. The van der Waals surface area contributed by atoms with Gasteiger partial charge in [-0.1, -0.05) is 30.3 Å². The average Bonchev–Trinajstić information content (AvgIpc) is 3.26. The number of nitrogen functional groups attached to an aromatic ring is 1. The second kappa shape index (κ2) is 7.12. The number of furan rings is 1. The van der Waals surface area contributed by atoms with E-state index >= 15 is 0 Å². The van der Waals surface area contributed by atoms with Crippen LogP contribution in [0.15, 0.2) is 59.3 Å². The number of aliphatic hydroxyl groups is 1. The predicted molar refractivity (Wildman–Crippen MR) is 123 cm³/mol. The number of benzene rings is 1. The van der Waals surface area contributed by atoms with Gasteiger partial charge in [-0.2, -0.15) is 14.6 Å². The second-order valence-corrected chi connectivity index (χ2v) is 8.74. The molecule has 1 aromatic carbocycles. The van der Waals surface area contributed by atoms with Gasteiger partial charge in [0.15, 0.2) is 22.6 Å². The standard InChI is InChI=1S/C23H22N8O3/c1-22(14-6-3-2-4-7-14,20(33)28-23(13-32)9-10-23)31-19-15(12-25-31)18-26-17(16-8-5-11-34-16)29-30(18)21(24)27-19/h2-8,11-12,32H,9-10,13H2,1H3,(H2,24,27)(H,28,33). The van der Waals surface area contributed by atoms with Crippen molar-refractivity contribution in [3.05, 3.63) is 60.5 Å². The van der Waals surface area contributed by atoms with E-state index in [0.717, 1.165) is 12.8 Å². The number of anilines is 1. The van der Waals surface area contributed by atoms with Crippen molar-refractivity contribution in [2.24, 2.45) is 0 Å². The van der Waals surface area contributed by atoms with Crippen LogP contribution < -0.4 is 11.1 Å².